The van der Waals surface area contributed by atoms with Crippen molar-refractivity contribution in [2.45, 2.75) is 6.04 Å². The van der Waals surface area contributed by atoms with Crippen molar-refractivity contribution >= 4 is 40.5 Å². The molecule has 11 nitrogen and oxygen atoms in total. The van der Waals surface area contributed by atoms with Crippen LogP contribution in [-0.2, 0) is 7.05 Å². The number of hydrogen-bond donors (Lipinski definition) is 1. The monoisotopic (exact) mass is 471 g/mol. The lowest BCUT2D eigenvalue weighted by Gasteiger charge is -2.34. The number of anilines is 2. The molecule has 1 amide bonds. The molecule has 0 aliphatic carbocycles. The minimum absolute atomic E-state index is 0.0431. The predicted octanol–water partition coefficient (Wildman–Crippen LogP) is 2.31. The van der Waals surface area contributed by atoms with Crippen LogP contribution in [0.4, 0.5) is 11.6 Å². The van der Waals surface area contributed by atoms with Gasteiger partial charge < -0.3 is 19.5 Å². The highest BCUT2D eigenvalue weighted by molar-refractivity contribution is 7.14. The largest absolute Gasteiger partial charge is 0.482 e. The van der Waals surface area contributed by atoms with Gasteiger partial charge in [0.15, 0.2) is 10.8 Å². The van der Waals surface area contributed by atoms with Gasteiger partial charge in [0.1, 0.15) is 17.7 Å². The number of fused-ring (bicyclic) bond motifs is 1. The van der Waals surface area contributed by atoms with Crippen LogP contribution in [0.5, 0.6) is 5.75 Å². The van der Waals surface area contributed by atoms with E-state index in [2.05, 4.69) is 20.2 Å². The molecule has 0 radical (unpaired) electrons. The molecule has 5 heterocycles. The van der Waals surface area contributed by atoms with E-state index < -0.39 is 17.6 Å². The lowest BCUT2D eigenvalue weighted by molar-refractivity contribution is 0.0967. The van der Waals surface area contributed by atoms with Gasteiger partial charge in [-0.2, -0.15) is 0 Å². The minimum atomic E-state index is -0.891. The first-order valence-corrected chi connectivity index (χ1v) is 10.4. The van der Waals surface area contributed by atoms with Crippen LogP contribution in [0.25, 0.3) is 10.7 Å². The number of aromatic nitrogens is 5. The molecule has 13 heteroatoms. The standard InChI is InChI=1S/C19H14ClN7O4S/c1-26-6-3-9(20)13(26)17-25-24-16(32-17)11-8-30-14-10(7-12(15(21)28)31-18(14)29)27(11)19-22-4-2-5-23-19/h2-7,11H,8H2,1H3,(H2,21,28). The summed E-state index contributed by atoms with van der Waals surface area (Å²) < 4.78 is 12.5. The zero-order chi connectivity index (χ0) is 22.4. The molecule has 4 aromatic rings. The molecule has 0 saturated heterocycles. The van der Waals surface area contributed by atoms with Crippen LogP contribution >= 0.6 is 22.9 Å². The Morgan fingerprint density at radius 1 is 1.31 bits per heavy atom. The Hall–Kier alpha value is -3.77. The molecule has 0 spiro atoms. The number of carbonyl (C=O) groups is 1. The molecule has 1 atom stereocenters. The molecule has 0 saturated carbocycles. The SMILES string of the molecule is Cn1ccc(Cl)c1-c1nnc(C2COc3c(cc(C(N)=O)oc3=O)N2c2ncccn2)s1. The highest BCUT2D eigenvalue weighted by Gasteiger charge is 2.37. The van der Waals surface area contributed by atoms with Crippen LogP contribution < -0.4 is 21.0 Å². The number of nitrogens with zero attached hydrogens (tertiary/aromatic N) is 6. The van der Waals surface area contributed by atoms with E-state index in [0.29, 0.717) is 15.0 Å². The summed E-state index contributed by atoms with van der Waals surface area (Å²) in [6.07, 6.45) is 4.95. The molecule has 162 valence electrons. The number of ether oxygens (including phenoxy) is 1. The number of primary amides is 1. The topological polar surface area (TPSA) is 142 Å². The van der Waals surface area contributed by atoms with E-state index in [1.807, 2.05) is 17.8 Å². The van der Waals surface area contributed by atoms with Gasteiger partial charge in [-0.15, -0.1) is 10.2 Å². The average molecular weight is 472 g/mol. The van der Waals surface area contributed by atoms with Crippen molar-refractivity contribution in [2.75, 3.05) is 11.5 Å². The number of halogens is 1. The Bertz CT molecular complexity index is 1360. The van der Waals surface area contributed by atoms with Crippen molar-refractivity contribution < 1.29 is 13.9 Å². The smallest absolute Gasteiger partial charge is 0.381 e. The molecule has 1 aliphatic rings. The summed E-state index contributed by atoms with van der Waals surface area (Å²) in [7, 11) is 1.86. The summed E-state index contributed by atoms with van der Waals surface area (Å²) in [4.78, 5) is 34.4. The second-order valence-corrected chi connectivity index (χ2v) is 8.21. The maximum Gasteiger partial charge on any atom is 0.381 e. The molecule has 0 fully saturated rings. The highest BCUT2D eigenvalue weighted by atomic mass is 35.5. The predicted molar refractivity (Wildman–Crippen MR) is 115 cm³/mol. The third-order valence-corrected chi connectivity index (χ3v) is 6.14. The van der Waals surface area contributed by atoms with Gasteiger partial charge in [-0.25, -0.2) is 14.8 Å². The maximum atomic E-state index is 12.4. The molecule has 0 bridgehead atoms. The summed E-state index contributed by atoms with van der Waals surface area (Å²) in [6.45, 7) is 0.0431. The van der Waals surface area contributed by atoms with E-state index >= 15 is 0 Å². The van der Waals surface area contributed by atoms with Crippen molar-refractivity contribution in [3.05, 3.63) is 63.0 Å². The summed E-state index contributed by atoms with van der Waals surface area (Å²) in [5, 5.41) is 10.4. The molecule has 1 unspecified atom stereocenters. The fourth-order valence-corrected chi connectivity index (χ4v) is 4.73. The van der Waals surface area contributed by atoms with Crippen LogP contribution in [0, 0.1) is 0 Å². The fraction of sp³-hybridized carbons (Fsp3) is 0.158. The summed E-state index contributed by atoms with van der Waals surface area (Å²) in [5.41, 5.74) is 5.48. The maximum absolute atomic E-state index is 12.4. The molecule has 0 aromatic carbocycles. The third-order valence-electron chi connectivity index (χ3n) is 4.81. The third kappa shape index (κ3) is 3.29. The molecule has 5 rings (SSSR count). The first-order valence-electron chi connectivity index (χ1n) is 9.25. The Morgan fingerprint density at radius 3 is 2.78 bits per heavy atom. The lowest BCUT2D eigenvalue weighted by atomic mass is 10.2. The van der Waals surface area contributed by atoms with Gasteiger partial charge in [0.2, 0.25) is 11.7 Å². The van der Waals surface area contributed by atoms with E-state index in [-0.39, 0.29) is 29.8 Å². The van der Waals surface area contributed by atoms with Crippen LogP contribution in [0.2, 0.25) is 5.02 Å². The highest BCUT2D eigenvalue weighted by Crippen LogP contribution is 2.43. The number of carbonyl (C=O) groups excluding carboxylic acids is 1. The van der Waals surface area contributed by atoms with Gasteiger partial charge in [-0.05, 0) is 12.1 Å². The normalized spacial score (nSPS) is 15.3. The lowest BCUT2D eigenvalue weighted by Crippen LogP contribution is -2.36. The van der Waals surface area contributed by atoms with Crippen LogP contribution in [0.3, 0.4) is 0 Å². The number of rotatable bonds is 4. The molecular formula is C19H14ClN7O4S. The van der Waals surface area contributed by atoms with Gasteiger partial charge in [-0.1, -0.05) is 22.9 Å². The first kappa shape index (κ1) is 20.2. The molecule has 4 aromatic heterocycles. The Balaban J connectivity index is 1.65. The van der Waals surface area contributed by atoms with Crippen molar-refractivity contribution in [1.82, 2.24) is 24.7 Å². The number of hydrogen-bond acceptors (Lipinski definition) is 10. The Morgan fingerprint density at radius 2 is 2.09 bits per heavy atom. The molecule has 32 heavy (non-hydrogen) atoms. The van der Waals surface area contributed by atoms with E-state index in [0.717, 1.165) is 5.69 Å². The Kier molecular flexibility index (Phi) is 4.87. The summed E-state index contributed by atoms with van der Waals surface area (Å²) in [6, 6.07) is 4.22. The second kappa shape index (κ2) is 7.73. The summed E-state index contributed by atoms with van der Waals surface area (Å²) >= 11 is 7.62. The van der Waals surface area contributed by atoms with Crippen LogP contribution in [-0.4, -0.2) is 37.2 Å². The summed E-state index contributed by atoms with van der Waals surface area (Å²) in [5.74, 6) is -1.00. The quantitative estimate of drug-likeness (QED) is 0.474. The van der Waals surface area contributed by atoms with Crippen molar-refractivity contribution in [1.29, 1.82) is 0 Å². The van der Waals surface area contributed by atoms with E-state index in [1.165, 1.54) is 17.4 Å². The fourth-order valence-electron chi connectivity index (χ4n) is 3.37. The van der Waals surface area contributed by atoms with Crippen LogP contribution in [0.1, 0.15) is 21.6 Å². The molecule has 2 N–H and O–H groups in total. The van der Waals surface area contributed by atoms with Gasteiger partial charge in [0.25, 0.3) is 5.91 Å². The first-order chi connectivity index (χ1) is 15.4. The Labute approximate surface area is 189 Å². The zero-order valence-electron chi connectivity index (χ0n) is 16.4. The molecule has 1 aliphatic heterocycles. The van der Waals surface area contributed by atoms with Crippen molar-refractivity contribution in [3.63, 3.8) is 0 Å². The van der Waals surface area contributed by atoms with E-state index in [9.17, 15) is 9.59 Å². The van der Waals surface area contributed by atoms with Crippen molar-refractivity contribution in [2.24, 2.45) is 12.8 Å². The minimum Gasteiger partial charge on any atom is -0.482 e. The van der Waals surface area contributed by atoms with Gasteiger partial charge in [-0.3, -0.25) is 9.69 Å². The van der Waals surface area contributed by atoms with E-state index in [4.69, 9.17) is 26.5 Å². The van der Waals surface area contributed by atoms with E-state index in [1.54, 1.807) is 29.4 Å². The van der Waals surface area contributed by atoms with Gasteiger partial charge in [0.05, 0.1) is 16.4 Å². The van der Waals surface area contributed by atoms with Crippen molar-refractivity contribution in [3.8, 4) is 16.5 Å². The van der Waals surface area contributed by atoms with Gasteiger partial charge in [0, 0.05) is 31.7 Å². The zero-order valence-corrected chi connectivity index (χ0v) is 18.0. The average Bonchev–Trinajstić information content (AvgIpc) is 3.39. The number of nitrogens with two attached hydrogens (primary N) is 1. The number of aryl methyl sites for hydroxylation is 1. The van der Waals surface area contributed by atoms with Crippen LogP contribution in [0.15, 0.2) is 46.0 Å². The number of amides is 1. The van der Waals surface area contributed by atoms with Gasteiger partial charge >= 0.3 is 5.63 Å². The second-order valence-electron chi connectivity index (χ2n) is 6.79. The molecular weight excluding hydrogens is 458 g/mol.